The molecule has 2 radical (unpaired) electrons. The molecular formula is H6Ce2N2O3. The minimum atomic E-state index is 0. The van der Waals surface area contributed by atoms with Crippen molar-refractivity contribution >= 4 is 0 Å². The zero-order valence-electron chi connectivity index (χ0n) is 3.64. The Morgan fingerprint density at radius 3 is 0.429 bits per heavy atom. The van der Waals surface area contributed by atoms with E-state index in [9.17, 15) is 0 Å². The second kappa shape index (κ2) is 74.9. The summed E-state index contributed by atoms with van der Waals surface area (Å²) in [5, 5.41) is 0. The van der Waals surface area contributed by atoms with Crippen LogP contribution in [-0.2, 0) is 16.4 Å². The zero-order valence-corrected chi connectivity index (χ0v) is 9.92. The Morgan fingerprint density at radius 2 is 0.429 bits per heavy atom. The maximum absolute atomic E-state index is 0. The summed E-state index contributed by atoms with van der Waals surface area (Å²) in [6, 6.07) is 0. The topological polar surface area (TPSA) is 156 Å². The molecule has 0 aliphatic rings. The second-order valence-corrected chi connectivity index (χ2v) is 0. The molecule has 6 N–H and O–H groups in total. The van der Waals surface area contributed by atoms with Gasteiger partial charge in [0, 0.05) is 0 Å². The van der Waals surface area contributed by atoms with Gasteiger partial charge < -0.3 is 28.7 Å². The minimum Gasteiger partial charge on any atom is -2.00 e. The summed E-state index contributed by atoms with van der Waals surface area (Å²) in [4.78, 5) is 0. The van der Waals surface area contributed by atoms with Crippen molar-refractivity contribution in [3.05, 3.63) is 0 Å². The average molecular weight is 362 g/mol. The van der Waals surface area contributed by atoms with Crippen LogP contribution in [0, 0.1) is 83.5 Å². The van der Waals surface area contributed by atoms with Gasteiger partial charge in [-0.05, 0) is 0 Å². The Bertz CT molecular complexity index is 10.9. The summed E-state index contributed by atoms with van der Waals surface area (Å²) in [6.07, 6.45) is 0. The number of rotatable bonds is 0. The largest absolute Gasteiger partial charge is 3.00 e. The monoisotopic (exact) mass is 362 g/mol. The summed E-state index contributed by atoms with van der Waals surface area (Å²) in [5.41, 5.74) is 0. The molecule has 0 spiro atoms. The third-order valence-electron chi connectivity index (χ3n) is 0. The molecule has 0 saturated carbocycles. The second-order valence-electron chi connectivity index (χ2n) is 0. The van der Waals surface area contributed by atoms with E-state index >= 15 is 0 Å². The molecule has 7 heteroatoms. The van der Waals surface area contributed by atoms with Gasteiger partial charge in [0.25, 0.3) is 0 Å². The molecule has 0 aromatic heterocycles. The Morgan fingerprint density at radius 1 is 0.429 bits per heavy atom. The Balaban J connectivity index is 0. The first-order chi connectivity index (χ1) is 0. The van der Waals surface area contributed by atoms with E-state index in [1.54, 1.807) is 0 Å². The van der Waals surface area contributed by atoms with Crippen LogP contribution >= 0.6 is 0 Å². The van der Waals surface area contributed by atoms with Crippen LogP contribution in [0.5, 0.6) is 0 Å². The molecule has 0 aromatic rings. The molecule has 42 valence electrons. The first kappa shape index (κ1) is 107. The van der Waals surface area contributed by atoms with Crippen molar-refractivity contribution in [1.82, 2.24) is 12.3 Å². The minimum absolute atomic E-state index is 0. The maximum Gasteiger partial charge on any atom is 3.00 e. The molecule has 0 unspecified atom stereocenters. The van der Waals surface area contributed by atoms with Crippen LogP contribution in [0.3, 0.4) is 0 Å². The Labute approximate surface area is 110 Å². The quantitative estimate of drug-likeness (QED) is 0.621. The van der Waals surface area contributed by atoms with E-state index in [1.807, 2.05) is 0 Å². The van der Waals surface area contributed by atoms with Gasteiger partial charge in [0.2, 0.25) is 0 Å². The van der Waals surface area contributed by atoms with Crippen LogP contribution in [0.4, 0.5) is 0 Å². The fraction of sp³-hybridized carbons (Fsp3) is 0. The molecule has 0 atom stereocenters. The van der Waals surface area contributed by atoms with Gasteiger partial charge in [-0.3, -0.25) is 0 Å². The van der Waals surface area contributed by atoms with Crippen LogP contribution in [0.25, 0.3) is 0 Å². The molecule has 0 aliphatic heterocycles. The molecule has 7 heavy (non-hydrogen) atoms. The SMILES string of the molecule is N.N.[Ce+3].[Ce+3].[O-2].[O-2].[O-2]. The van der Waals surface area contributed by atoms with Crippen molar-refractivity contribution in [2.45, 2.75) is 0 Å². The van der Waals surface area contributed by atoms with Crippen LogP contribution in [-0.4, -0.2) is 0 Å². The molecule has 0 rings (SSSR count). The molecule has 0 heterocycles. The molecule has 0 aliphatic carbocycles. The molecule has 0 amide bonds. The molecule has 0 bridgehead atoms. The van der Waals surface area contributed by atoms with E-state index in [0.717, 1.165) is 0 Å². The summed E-state index contributed by atoms with van der Waals surface area (Å²) >= 11 is 0. The molecular weight excluding hydrogens is 356 g/mol. The first-order valence-corrected chi connectivity index (χ1v) is 0. The smallest absolute Gasteiger partial charge is 2.00 e. The Hall–Kier alpha value is 2.55. The predicted molar refractivity (Wildman–Crippen MR) is 12.1 cm³/mol. The van der Waals surface area contributed by atoms with E-state index in [0.29, 0.717) is 0 Å². The summed E-state index contributed by atoms with van der Waals surface area (Å²) in [6.45, 7) is 0. The third kappa shape index (κ3) is 56.3. The van der Waals surface area contributed by atoms with Gasteiger partial charge in [0.05, 0.1) is 0 Å². The average Bonchev–Trinajstić information content (AvgIpc) is 0. The third-order valence-corrected chi connectivity index (χ3v) is 0. The van der Waals surface area contributed by atoms with Gasteiger partial charge >= 0.3 is 83.5 Å². The van der Waals surface area contributed by atoms with Crippen molar-refractivity contribution in [1.29, 1.82) is 0 Å². The van der Waals surface area contributed by atoms with E-state index < -0.39 is 0 Å². The van der Waals surface area contributed by atoms with Crippen molar-refractivity contribution < 1.29 is 99.9 Å². The fourth-order valence-electron chi connectivity index (χ4n) is 0. The van der Waals surface area contributed by atoms with Crippen molar-refractivity contribution in [2.24, 2.45) is 0 Å². The van der Waals surface area contributed by atoms with E-state index in [-0.39, 0.29) is 112 Å². The van der Waals surface area contributed by atoms with E-state index in [1.165, 1.54) is 0 Å². The molecule has 0 aromatic carbocycles. The molecule has 0 fully saturated rings. The number of hydrogen-bond acceptors (Lipinski definition) is 2. The van der Waals surface area contributed by atoms with Crippen molar-refractivity contribution in [3.8, 4) is 0 Å². The first-order valence-electron chi connectivity index (χ1n) is 0. The van der Waals surface area contributed by atoms with Gasteiger partial charge in [-0.2, -0.15) is 0 Å². The van der Waals surface area contributed by atoms with Crippen LogP contribution < -0.4 is 12.3 Å². The van der Waals surface area contributed by atoms with E-state index in [2.05, 4.69) is 0 Å². The summed E-state index contributed by atoms with van der Waals surface area (Å²) in [5.74, 6) is 0. The molecule has 0 saturated heterocycles. The number of hydrogen-bond donors (Lipinski definition) is 2. The van der Waals surface area contributed by atoms with Gasteiger partial charge in [0.1, 0.15) is 0 Å². The Kier molecular flexibility index (Phi) is 1150. The standard InChI is InChI=1S/2Ce.2H3N.3O/h;;2*1H3;;;/q2*+3;;;3*-2. The summed E-state index contributed by atoms with van der Waals surface area (Å²) in [7, 11) is 0. The van der Waals surface area contributed by atoms with E-state index in [4.69, 9.17) is 0 Å². The van der Waals surface area contributed by atoms with Crippen molar-refractivity contribution in [3.63, 3.8) is 0 Å². The normalized spacial score (nSPS) is 0. The fourth-order valence-corrected chi connectivity index (χ4v) is 0. The predicted octanol–water partition coefficient (Wildman–Crippen LogP) is -0.0324. The zero-order chi connectivity index (χ0) is 0. The van der Waals surface area contributed by atoms with Gasteiger partial charge in [0.15, 0.2) is 0 Å². The van der Waals surface area contributed by atoms with Gasteiger partial charge in [-0.1, -0.05) is 0 Å². The van der Waals surface area contributed by atoms with Crippen LogP contribution in [0.2, 0.25) is 0 Å². The van der Waals surface area contributed by atoms with Crippen molar-refractivity contribution in [2.75, 3.05) is 0 Å². The maximum atomic E-state index is 0. The van der Waals surface area contributed by atoms with Crippen LogP contribution in [0.1, 0.15) is 0 Å². The van der Waals surface area contributed by atoms with Gasteiger partial charge in [-0.25, -0.2) is 0 Å². The summed E-state index contributed by atoms with van der Waals surface area (Å²) < 4.78 is 0. The molecule has 5 nitrogen and oxygen atoms in total. The van der Waals surface area contributed by atoms with Crippen LogP contribution in [0.15, 0.2) is 0 Å². The van der Waals surface area contributed by atoms with Gasteiger partial charge in [-0.15, -0.1) is 0 Å².